The highest BCUT2D eigenvalue weighted by Crippen LogP contribution is 2.29. The van der Waals surface area contributed by atoms with E-state index in [0.717, 1.165) is 18.4 Å². The van der Waals surface area contributed by atoms with Crippen LogP contribution in [0.2, 0.25) is 5.02 Å². The molecule has 4 rings (SSSR count). The zero-order chi connectivity index (χ0) is 20.4. The Bertz CT molecular complexity index is 940. The summed E-state index contributed by atoms with van der Waals surface area (Å²) in [5.74, 6) is 0.762. The van der Waals surface area contributed by atoms with Crippen LogP contribution in [0.25, 0.3) is 0 Å². The number of nitrogens with zero attached hydrogens (tertiary/aromatic N) is 1. The second-order valence-corrected chi connectivity index (χ2v) is 7.80. The summed E-state index contributed by atoms with van der Waals surface area (Å²) in [6.45, 7) is 1.77. The number of Topliss-reactive ketones (excluding diaryl/α,β-unsaturated/α-hetero) is 1. The highest BCUT2D eigenvalue weighted by atomic mass is 35.5. The van der Waals surface area contributed by atoms with E-state index in [-0.39, 0.29) is 29.2 Å². The molecule has 0 unspecified atom stereocenters. The maximum Gasteiger partial charge on any atom is 0.253 e. The molecule has 152 valence electrons. The molecular formula is C22H21ClFNO4. The van der Waals surface area contributed by atoms with E-state index in [9.17, 15) is 14.0 Å². The van der Waals surface area contributed by atoms with Gasteiger partial charge in [-0.05, 0) is 49.1 Å². The quantitative estimate of drug-likeness (QED) is 0.756. The van der Waals surface area contributed by atoms with Crippen molar-refractivity contribution in [2.75, 3.05) is 26.3 Å². The fourth-order valence-electron chi connectivity index (χ4n) is 3.70. The molecule has 7 heteroatoms. The second kappa shape index (κ2) is 8.41. The van der Waals surface area contributed by atoms with Crippen LogP contribution in [0, 0.1) is 11.7 Å². The van der Waals surface area contributed by atoms with E-state index in [0.29, 0.717) is 43.2 Å². The first-order valence-electron chi connectivity index (χ1n) is 9.65. The Balaban J connectivity index is 1.32. The number of benzene rings is 2. The molecule has 0 saturated carbocycles. The van der Waals surface area contributed by atoms with Crippen molar-refractivity contribution in [2.24, 2.45) is 5.92 Å². The van der Waals surface area contributed by atoms with Gasteiger partial charge in [-0.3, -0.25) is 9.59 Å². The molecule has 29 heavy (non-hydrogen) atoms. The Labute approximate surface area is 173 Å². The summed E-state index contributed by atoms with van der Waals surface area (Å²) in [7, 11) is 0. The lowest BCUT2D eigenvalue weighted by Gasteiger charge is -2.32. The van der Waals surface area contributed by atoms with Crippen molar-refractivity contribution in [3.63, 3.8) is 0 Å². The van der Waals surface area contributed by atoms with E-state index in [2.05, 4.69) is 0 Å². The van der Waals surface area contributed by atoms with Crippen molar-refractivity contribution in [1.82, 2.24) is 4.90 Å². The molecule has 1 fully saturated rings. The lowest BCUT2D eigenvalue weighted by molar-refractivity contribution is -0.121. The summed E-state index contributed by atoms with van der Waals surface area (Å²) in [5.41, 5.74) is 1.34. The number of amides is 1. The van der Waals surface area contributed by atoms with Crippen LogP contribution in [0.5, 0.6) is 11.5 Å². The van der Waals surface area contributed by atoms with Crippen LogP contribution in [0.3, 0.4) is 0 Å². The monoisotopic (exact) mass is 417 g/mol. The molecule has 0 spiro atoms. The van der Waals surface area contributed by atoms with Gasteiger partial charge in [0.25, 0.3) is 5.91 Å². The minimum atomic E-state index is -0.498. The zero-order valence-corrected chi connectivity index (χ0v) is 16.6. The lowest BCUT2D eigenvalue weighted by Crippen LogP contribution is -2.39. The van der Waals surface area contributed by atoms with Gasteiger partial charge in [-0.2, -0.15) is 0 Å². The van der Waals surface area contributed by atoms with Crippen LogP contribution in [0.4, 0.5) is 4.39 Å². The molecule has 0 aromatic heterocycles. The first kappa shape index (κ1) is 19.7. The predicted molar refractivity (Wildman–Crippen MR) is 106 cm³/mol. The third kappa shape index (κ3) is 4.37. The van der Waals surface area contributed by atoms with Crippen LogP contribution in [0.1, 0.15) is 28.8 Å². The van der Waals surface area contributed by atoms with Crippen molar-refractivity contribution in [1.29, 1.82) is 0 Å². The number of hydrogen-bond donors (Lipinski definition) is 0. The number of halogens is 2. The largest absolute Gasteiger partial charge is 0.492 e. The van der Waals surface area contributed by atoms with Crippen molar-refractivity contribution >= 4 is 23.3 Å². The average molecular weight is 418 g/mol. The zero-order valence-electron chi connectivity index (χ0n) is 15.8. The van der Waals surface area contributed by atoms with Crippen LogP contribution in [-0.2, 0) is 11.2 Å². The van der Waals surface area contributed by atoms with E-state index < -0.39 is 5.82 Å². The van der Waals surface area contributed by atoms with Gasteiger partial charge >= 0.3 is 0 Å². The summed E-state index contributed by atoms with van der Waals surface area (Å²) in [5, 5.41) is -0.00464. The Kier molecular flexibility index (Phi) is 5.72. The number of likely N-dealkylation sites (tertiary alicyclic amines) is 1. The fourth-order valence-corrected chi connectivity index (χ4v) is 3.88. The Morgan fingerprint density at radius 2 is 2.03 bits per heavy atom. The van der Waals surface area contributed by atoms with E-state index in [1.54, 1.807) is 30.3 Å². The lowest BCUT2D eigenvalue weighted by atomic mass is 9.96. The highest BCUT2D eigenvalue weighted by Gasteiger charge is 2.26. The number of hydrogen-bond acceptors (Lipinski definition) is 4. The van der Waals surface area contributed by atoms with Gasteiger partial charge in [0.15, 0.2) is 5.78 Å². The standard InChI is InChI=1S/C22H21ClFNO4/c23-21-18(24)2-1-3-20(21)28-12-14-6-8-25(9-7-14)22(27)15-4-5-19-16(10-15)11-17(26)13-29-19/h1-5,10,14H,6-9,11-13H2. The van der Waals surface area contributed by atoms with Crippen LogP contribution in [-0.4, -0.2) is 42.9 Å². The van der Waals surface area contributed by atoms with Gasteiger partial charge in [0.2, 0.25) is 0 Å². The number of carbonyl (C=O) groups is 2. The van der Waals surface area contributed by atoms with Crippen molar-refractivity contribution in [2.45, 2.75) is 19.3 Å². The van der Waals surface area contributed by atoms with Crippen molar-refractivity contribution in [3.8, 4) is 11.5 Å². The molecule has 2 heterocycles. The van der Waals surface area contributed by atoms with Crippen LogP contribution in [0.15, 0.2) is 36.4 Å². The average Bonchev–Trinajstić information content (AvgIpc) is 2.74. The van der Waals surface area contributed by atoms with E-state index in [1.807, 2.05) is 4.90 Å². The van der Waals surface area contributed by atoms with E-state index in [1.165, 1.54) is 6.07 Å². The first-order valence-corrected chi connectivity index (χ1v) is 10.0. The SMILES string of the molecule is O=C1COc2ccc(C(=O)N3CCC(COc4cccc(F)c4Cl)CC3)cc2C1. The highest BCUT2D eigenvalue weighted by molar-refractivity contribution is 6.32. The van der Waals surface area contributed by atoms with Gasteiger partial charge in [-0.25, -0.2) is 4.39 Å². The minimum Gasteiger partial charge on any atom is -0.492 e. The normalized spacial score (nSPS) is 16.9. The fraction of sp³-hybridized carbons (Fsp3) is 0.364. The summed E-state index contributed by atoms with van der Waals surface area (Å²) in [4.78, 5) is 26.3. The number of ether oxygens (including phenoxy) is 2. The Hall–Kier alpha value is -2.60. The van der Waals surface area contributed by atoms with Gasteiger partial charge in [0.1, 0.15) is 28.9 Å². The van der Waals surface area contributed by atoms with E-state index in [4.69, 9.17) is 21.1 Å². The molecule has 1 amide bonds. The molecule has 5 nitrogen and oxygen atoms in total. The molecule has 2 aromatic rings. The molecule has 0 bridgehead atoms. The predicted octanol–water partition coefficient (Wildman–Crippen LogP) is 3.91. The molecule has 2 aromatic carbocycles. The minimum absolute atomic E-state index is 0.00464. The molecule has 0 radical (unpaired) electrons. The Morgan fingerprint density at radius 3 is 2.83 bits per heavy atom. The van der Waals surface area contributed by atoms with Gasteiger partial charge in [0.05, 0.1) is 6.61 Å². The number of fused-ring (bicyclic) bond motifs is 1. The van der Waals surface area contributed by atoms with Gasteiger partial charge in [-0.15, -0.1) is 0 Å². The van der Waals surface area contributed by atoms with Gasteiger partial charge in [-0.1, -0.05) is 17.7 Å². The summed E-state index contributed by atoms with van der Waals surface area (Å²) >= 11 is 5.92. The van der Waals surface area contributed by atoms with E-state index >= 15 is 0 Å². The topological polar surface area (TPSA) is 55.8 Å². The molecule has 0 aliphatic carbocycles. The van der Waals surface area contributed by atoms with Gasteiger partial charge in [0, 0.05) is 30.6 Å². The summed E-state index contributed by atoms with van der Waals surface area (Å²) in [6, 6.07) is 9.78. The number of piperidine rings is 1. The summed E-state index contributed by atoms with van der Waals surface area (Å²) < 4.78 is 24.6. The molecule has 2 aliphatic heterocycles. The van der Waals surface area contributed by atoms with Crippen molar-refractivity contribution in [3.05, 3.63) is 58.4 Å². The second-order valence-electron chi connectivity index (χ2n) is 7.43. The molecular weight excluding hydrogens is 397 g/mol. The third-order valence-electron chi connectivity index (χ3n) is 5.38. The summed E-state index contributed by atoms with van der Waals surface area (Å²) in [6.07, 6.45) is 1.90. The smallest absolute Gasteiger partial charge is 0.253 e. The molecule has 0 atom stereocenters. The molecule has 0 N–H and O–H groups in total. The van der Waals surface area contributed by atoms with Crippen LogP contribution < -0.4 is 9.47 Å². The maximum atomic E-state index is 13.5. The maximum absolute atomic E-state index is 13.5. The number of ketones is 1. The number of carbonyl (C=O) groups excluding carboxylic acids is 2. The van der Waals surface area contributed by atoms with Gasteiger partial charge < -0.3 is 14.4 Å². The van der Waals surface area contributed by atoms with Crippen molar-refractivity contribution < 1.29 is 23.5 Å². The number of rotatable bonds is 4. The van der Waals surface area contributed by atoms with Crippen LogP contribution >= 0.6 is 11.6 Å². The first-order chi connectivity index (χ1) is 14.0. The molecule has 1 saturated heterocycles. The third-order valence-corrected chi connectivity index (χ3v) is 5.74. The Morgan fingerprint density at radius 1 is 1.24 bits per heavy atom. The molecule has 2 aliphatic rings.